The number of benzene rings is 2. The van der Waals surface area contributed by atoms with Gasteiger partial charge in [-0.05, 0) is 36.1 Å². The van der Waals surface area contributed by atoms with Gasteiger partial charge in [-0.1, -0.05) is 42.5 Å². The molecule has 1 aliphatic carbocycles. The van der Waals surface area contributed by atoms with Crippen LogP contribution in [0.2, 0.25) is 0 Å². The third-order valence-corrected chi connectivity index (χ3v) is 4.34. The van der Waals surface area contributed by atoms with Crippen molar-refractivity contribution >= 4 is 11.9 Å². The van der Waals surface area contributed by atoms with Gasteiger partial charge in [0.05, 0.1) is 18.1 Å². The van der Waals surface area contributed by atoms with Crippen LogP contribution in [0.5, 0.6) is 0 Å². The lowest BCUT2D eigenvalue weighted by molar-refractivity contribution is -0.123. The van der Waals surface area contributed by atoms with Crippen LogP contribution in [-0.2, 0) is 21.5 Å². The van der Waals surface area contributed by atoms with Gasteiger partial charge in [0.25, 0.3) is 0 Å². The first kappa shape index (κ1) is 15.3. The average molecular weight is 309 g/mol. The lowest BCUT2D eigenvalue weighted by Crippen LogP contribution is -2.34. The van der Waals surface area contributed by atoms with E-state index in [4.69, 9.17) is 0 Å². The number of hydrogen-bond donors (Lipinski definition) is 1. The van der Waals surface area contributed by atoms with E-state index in [9.17, 15) is 9.59 Å². The molecule has 4 heteroatoms. The summed E-state index contributed by atoms with van der Waals surface area (Å²) in [5.74, 6) is -0.289. The Morgan fingerprint density at radius 2 is 1.70 bits per heavy atom. The van der Waals surface area contributed by atoms with Crippen LogP contribution < -0.4 is 5.32 Å². The highest BCUT2D eigenvalue weighted by Gasteiger charge is 2.50. The van der Waals surface area contributed by atoms with Crippen molar-refractivity contribution in [3.63, 3.8) is 0 Å². The predicted molar refractivity (Wildman–Crippen MR) is 87.0 cm³/mol. The molecule has 23 heavy (non-hydrogen) atoms. The number of methoxy groups -OCH3 is 1. The molecule has 0 unspecified atom stereocenters. The van der Waals surface area contributed by atoms with E-state index < -0.39 is 0 Å². The van der Waals surface area contributed by atoms with Crippen molar-refractivity contribution < 1.29 is 14.3 Å². The molecule has 3 rings (SSSR count). The molecule has 0 atom stereocenters. The van der Waals surface area contributed by atoms with Gasteiger partial charge in [-0.2, -0.15) is 0 Å². The number of nitrogens with one attached hydrogen (secondary N) is 1. The lowest BCUT2D eigenvalue weighted by atomic mass is 9.95. The van der Waals surface area contributed by atoms with Crippen molar-refractivity contribution in [3.8, 4) is 0 Å². The molecule has 1 aliphatic rings. The van der Waals surface area contributed by atoms with Crippen molar-refractivity contribution in [2.24, 2.45) is 0 Å². The van der Waals surface area contributed by atoms with Crippen molar-refractivity contribution in [1.29, 1.82) is 0 Å². The topological polar surface area (TPSA) is 55.4 Å². The minimum atomic E-state index is -0.360. The third-order valence-electron chi connectivity index (χ3n) is 4.34. The number of hydrogen-bond acceptors (Lipinski definition) is 3. The molecule has 0 saturated heterocycles. The fraction of sp³-hybridized carbons (Fsp3) is 0.263. The Morgan fingerprint density at radius 1 is 1.04 bits per heavy atom. The van der Waals surface area contributed by atoms with Crippen molar-refractivity contribution in [2.75, 3.05) is 7.11 Å². The Balaban J connectivity index is 1.62. The second-order valence-electron chi connectivity index (χ2n) is 5.82. The van der Waals surface area contributed by atoms with E-state index in [2.05, 4.69) is 10.1 Å². The molecular formula is C19H19NO3. The summed E-state index contributed by atoms with van der Waals surface area (Å²) >= 11 is 0. The van der Waals surface area contributed by atoms with Crippen LogP contribution in [0.25, 0.3) is 0 Å². The Labute approximate surface area is 135 Å². The summed E-state index contributed by atoms with van der Waals surface area (Å²) in [7, 11) is 1.36. The van der Waals surface area contributed by atoms with E-state index in [0.717, 1.165) is 24.0 Å². The monoisotopic (exact) mass is 309 g/mol. The van der Waals surface area contributed by atoms with Crippen LogP contribution in [0.15, 0.2) is 54.6 Å². The van der Waals surface area contributed by atoms with Crippen molar-refractivity contribution in [3.05, 3.63) is 71.3 Å². The van der Waals surface area contributed by atoms with Gasteiger partial charge in [-0.15, -0.1) is 0 Å². The second-order valence-corrected chi connectivity index (χ2v) is 5.82. The average Bonchev–Trinajstić information content (AvgIpc) is 3.42. The molecular weight excluding hydrogens is 290 g/mol. The van der Waals surface area contributed by atoms with Gasteiger partial charge in [0.2, 0.25) is 5.91 Å². The van der Waals surface area contributed by atoms with Crippen LogP contribution in [0.4, 0.5) is 0 Å². The van der Waals surface area contributed by atoms with Crippen LogP contribution in [-0.4, -0.2) is 19.0 Å². The Bertz CT molecular complexity index is 703. The molecule has 0 bridgehead atoms. The predicted octanol–water partition coefficient (Wildman–Crippen LogP) is 2.82. The SMILES string of the molecule is COC(=O)c1ccc(CNC(=O)C2(c3ccccc3)CC2)cc1. The Morgan fingerprint density at radius 3 is 2.26 bits per heavy atom. The van der Waals surface area contributed by atoms with E-state index in [1.165, 1.54) is 7.11 Å². The maximum absolute atomic E-state index is 12.5. The zero-order valence-electron chi connectivity index (χ0n) is 13.0. The van der Waals surface area contributed by atoms with Crippen LogP contribution in [0.3, 0.4) is 0 Å². The molecule has 4 nitrogen and oxygen atoms in total. The number of esters is 1. The van der Waals surface area contributed by atoms with Gasteiger partial charge < -0.3 is 10.1 Å². The summed E-state index contributed by atoms with van der Waals surface area (Å²) in [6.45, 7) is 0.453. The summed E-state index contributed by atoms with van der Waals surface area (Å²) in [4.78, 5) is 23.9. The highest BCUT2D eigenvalue weighted by atomic mass is 16.5. The van der Waals surface area contributed by atoms with Crippen LogP contribution in [0, 0.1) is 0 Å². The first-order valence-electron chi connectivity index (χ1n) is 7.67. The third kappa shape index (κ3) is 3.11. The first-order chi connectivity index (χ1) is 11.2. The van der Waals surface area contributed by atoms with E-state index in [1.54, 1.807) is 12.1 Å². The molecule has 1 fully saturated rings. The van der Waals surface area contributed by atoms with E-state index in [-0.39, 0.29) is 17.3 Å². The molecule has 2 aromatic carbocycles. The van der Waals surface area contributed by atoms with Crippen molar-refractivity contribution in [2.45, 2.75) is 24.8 Å². The second kappa shape index (κ2) is 6.24. The summed E-state index contributed by atoms with van der Waals surface area (Å²) in [6.07, 6.45) is 1.79. The normalized spacial score (nSPS) is 14.8. The molecule has 0 radical (unpaired) electrons. The molecule has 1 N–H and O–H groups in total. The fourth-order valence-electron chi connectivity index (χ4n) is 2.76. The summed E-state index contributed by atoms with van der Waals surface area (Å²) in [6, 6.07) is 17.0. The Kier molecular flexibility index (Phi) is 4.15. The van der Waals surface area contributed by atoms with Gasteiger partial charge >= 0.3 is 5.97 Å². The molecule has 1 saturated carbocycles. The molecule has 0 aromatic heterocycles. The summed E-state index contributed by atoms with van der Waals surface area (Å²) < 4.78 is 4.67. The van der Waals surface area contributed by atoms with E-state index in [1.807, 2.05) is 42.5 Å². The van der Waals surface area contributed by atoms with Crippen molar-refractivity contribution in [1.82, 2.24) is 5.32 Å². The zero-order valence-corrected chi connectivity index (χ0v) is 13.0. The molecule has 1 amide bonds. The molecule has 0 heterocycles. The molecule has 0 aliphatic heterocycles. The number of ether oxygens (including phenoxy) is 1. The quantitative estimate of drug-likeness (QED) is 0.864. The maximum Gasteiger partial charge on any atom is 0.337 e. The lowest BCUT2D eigenvalue weighted by Gasteiger charge is -2.15. The largest absolute Gasteiger partial charge is 0.465 e. The van der Waals surface area contributed by atoms with Gasteiger partial charge in [0, 0.05) is 6.54 Å². The minimum absolute atomic E-state index is 0.0701. The van der Waals surface area contributed by atoms with Gasteiger partial charge in [0.1, 0.15) is 0 Å². The number of carbonyl (C=O) groups excluding carboxylic acids is 2. The summed E-state index contributed by atoms with van der Waals surface area (Å²) in [5.41, 5.74) is 2.19. The molecule has 118 valence electrons. The number of amides is 1. The van der Waals surface area contributed by atoms with E-state index >= 15 is 0 Å². The molecule has 0 spiro atoms. The smallest absolute Gasteiger partial charge is 0.337 e. The fourth-order valence-corrected chi connectivity index (χ4v) is 2.76. The number of rotatable bonds is 5. The van der Waals surface area contributed by atoms with E-state index in [0.29, 0.717) is 12.1 Å². The first-order valence-corrected chi connectivity index (χ1v) is 7.67. The highest BCUT2D eigenvalue weighted by molar-refractivity contribution is 5.91. The Hall–Kier alpha value is -2.62. The van der Waals surface area contributed by atoms with Gasteiger partial charge in [0.15, 0.2) is 0 Å². The zero-order chi connectivity index (χ0) is 16.3. The maximum atomic E-state index is 12.5. The minimum Gasteiger partial charge on any atom is -0.465 e. The van der Waals surface area contributed by atoms with Crippen LogP contribution >= 0.6 is 0 Å². The molecule has 2 aromatic rings. The number of carbonyl (C=O) groups is 2. The summed E-state index contributed by atoms with van der Waals surface area (Å²) in [5, 5.41) is 3.01. The van der Waals surface area contributed by atoms with Gasteiger partial charge in [-0.3, -0.25) is 4.79 Å². The highest BCUT2D eigenvalue weighted by Crippen LogP contribution is 2.48. The van der Waals surface area contributed by atoms with Gasteiger partial charge in [-0.25, -0.2) is 4.79 Å². The van der Waals surface area contributed by atoms with Crippen LogP contribution in [0.1, 0.15) is 34.3 Å². The standard InChI is InChI=1S/C19H19NO3/c1-23-17(21)15-9-7-14(8-10-15)13-20-18(22)19(11-12-19)16-5-3-2-4-6-16/h2-10H,11-13H2,1H3,(H,20,22).